The third-order valence-corrected chi connectivity index (χ3v) is 5.88. The number of nitrogens with zero attached hydrogens (tertiary/aromatic N) is 2. The van der Waals surface area contributed by atoms with Gasteiger partial charge in [0.15, 0.2) is 0 Å². The van der Waals surface area contributed by atoms with Crippen molar-refractivity contribution in [2.45, 2.75) is 76.3 Å². The Morgan fingerprint density at radius 2 is 1.65 bits per heavy atom. The van der Waals surface area contributed by atoms with E-state index in [-0.39, 0.29) is 0 Å². The van der Waals surface area contributed by atoms with Gasteiger partial charge in [0.25, 0.3) is 0 Å². The molecule has 2 saturated heterocycles. The molecule has 0 N–H and O–H groups in total. The summed E-state index contributed by atoms with van der Waals surface area (Å²) < 4.78 is 0. The summed E-state index contributed by atoms with van der Waals surface area (Å²) in [4.78, 5) is 17.3. The number of likely N-dealkylation sites (tertiary alicyclic amines) is 2. The molecule has 2 heterocycles. The Kier molecular flexibility index (Phi) is 4.65. The maximum atomic E-state index is 12.6. The van der Waals surface area contributed by atoms with Crippen molar-refractivity contribution in [2.75, 3.05) is 20.1 Å². The molecule has 1 saturated carbocycles. The lowest BCUT2D eigenvalue weighted by molar-refractivity contribution is -0.133. The first-order chi connectivity index (χ1) is 9.75. The van der Waals surface area contributed by atoms with Gasteiger partial charge >= 0.3 is 0 Å². The molecule has 2 atom stereocenters. The summed E-state index contributed by atoms with van der Waals surface area (Å²) in [5.41, 5.74) is 0. The van der Waals surface area contributed by atoms with E-state index in [4.69, 9.17) is 0 Å². The van der Waals surface area contributed by atoms with Gasteiger partial charge in [0.05, 0.1) is 0 Å². The van der Waals surface area contributed by atoms with E-state index in [2.05, 4.69) is 16.8 Å². The number of hydrogen-bond donors (Lipinski definition) is 0. The summed E-state index contributed by atoms with van der Waals surface area (Å²) in [7, 11) is 2.23. The summed E-state index contributed by atoms with van der Waals surface area (Å²) >= 11 is 0. The van der Waals surface area contributed by atoms with E-state index < -0.39 is 0 Å². The quantitative estimate of drug-likeness (QED) is 0.789. The van der Waals surface area contributed by atoms with E-state index in [0.717, 1.165) is 25.3 Å². The Balaban J connectivity index is 1.52. The minimum atomic E-state index is 0.444. The van der Waals surface area contributed by atoms with Gasteiger partial charge in [-0.1, -0.05) is 25.7 Å². The number of hydrogen-bond acceptors (Lipinski definition) is 2. The lowest BCUT2D eigenvalue weighted by atomic mass is 10.00. The molecule has 3 nitrogen and oxygen atoms in total. The normalized spacial score (nSPS) is 32.4. The Bertz CT molecular complexity index is 338. The van der Waals surface area contributed by atoms with E-state index in [9.17, 15) is 4.79 Å². The Morgan fingerprint density at radius 3 is 2.35 bits per heavy atom. The van der Waals surface area contributed by atoms with Crippen LogP contribution in [0.4, 0.5) is 0 Å². The van der Waals surface area contributed by atoms with Gasteiger partial charge in [-0.3, -0.25) is 4.79 Å². The van der Waals surface area contributed by atoms with Gasteiger partial charge in [0.1, 0.15) is 0 Å². The van der Waals surface area contributed by atoms with Crippen molar-refractivity contribution in [3.8, 4) is 0 Å². The second-order valence-electron chi connectivity index (χ2n) is 7.18. The second kappa shape index (κ2) is 6.46. The van der Waals surface area contributed by atoms with Crippen molar-refractivity contribution < 1.29 is 4.79 Å². The van der Waals surface area contributed by atoms with Crippen LogP contribution in [0, 0.1) is 5.92 Å². The van der Waals surface area contributed by atoms with Gasteiger partial charge in [-0.25, -0.2) is 0 Å². The second-order valence-corrected chi connectivity index (χ2v) is 7.18. The molecule has 3 aliphatic rings. The van der Waals surface area contributed by atoms with Gasteiger partial charge < -0.3 is 9.80 Å². The van der Waals surface area contributed by atoms with Crippen LogP contribution in [0.25, 0.3) is 0 Å². The maximum Gasteiger partial charge on any atom is 0.222 e. The minimum absolute atomic E-state index is 0.444. The summed E-state index contributed by atoms with van der Waals surface area (Å²) in [6.07, 6.45) is 12.5. The standard InChI is InChI=1S/C17H30N2O/c1-18-12-4-8-15(18)16-9-5-13-19(16)17(20)11-10-14-6-2-3-7-14/h14-16H,2-13H2,1H3/t15-,16-/m1/s1. The molecule has 0 radical (unpaired) electrons. The predicted molar refractivity (Wildman–Crippen MR) is 81.6 cm³/mol. The van der Waals surface area contributed by atoms with Crippen LogP contribution >= 0.6 is 0 Å². The molecular formula is C17H30N2O. The Labute approximate surface area is 123 Å². The van der Waals surface area contributed by atoms with Crippen molar-refractivity contribution in [2.24, 2.45) is 5.92 Å². The molecule has 3 rings (SSSR count). The summed E-state index contributed by atoms with van der Waals surface area (Å²) in [6, 6.07) is 1.14. The van der Waals surface area contributed by atoms with Crippen molar-refractivity contribution in [3.05, 3.63) is 0 Å². The summed E-state index contributed by atoms with van der Waals surface area (Å²) in [5, 5.41) is 0. The summed E-state index contributed by atoms with van der Waals surface area (Å²) in [5.74, 6) is 1.29. The molecule has 1 amide bonds. The zero-order valence-corrected chi connectivity index (χ0v) is 13.0. The van der Waals surface area contributed by atoms with E-state index in [0.29, 0.717) is 18.0 Å². The molecule has 0 unspecified atom stereocenters. The zero-order valence-electron chi connectivity index (χ0n) is 13.0. The topological polar surface area (TPSA) is 23.6 Å². The molecule has 3 heteroatoms. The fourth-order valence-electron chi connectivity index (χ4n) is 4.69. The third kappa shape index (κ3) is 3.03. The van der Waals surface area contributed by atoms with E-state index in [1.165, 1.54) is 57.9 Å². The molecule has 0 aromatic heterocycles. The van der Waals surface area contributed by atoms with Gasteiger partial charge in [-0.15, -0.1) is 0 Å². The number of rotatable bonds is 4. The van der Waals surface area contributed by atoms with Crippen molar-refractivity contribution in [1.82, 2.24) is 9.80 Å². The van der Waals surface area contributed by atoms with Crippen molar-refractivity contribution in [3.63, 3.8) is 0 Å². The fourth-order valence-corrected chi connectivity index (χ4v) is 4.69. The Morgan fingerprint density at radius 1 is 0.950 bits per heavy atom. The molecule has 0 aromatic rings. The van der Waals surface area contributed by atoms with Crippen LogP contribution in [0.1, 0.15) is 64.2 Å². The van der Waals surface area contributed by atoms with Gasteiger partial charge in [-0.2, -0.15) is 0 Å². The van der Waals surface area contributed by atoms with Gasteiger partial charge in [-0.05, 0) is 51.6 Å². The smallest absolute Gasteiger partial charge is 0.222 e. The zero-order chi connectivity index (χ0) is 13.9. The molecule has 3 fully saturated rings. The van der Waals surface area contributed by atoms with Crippen LogP contribution in [0.3, 0.4) is 0 Å². The molecule has 20 heavy (non-hydrogen) atoms. The predicted octanol–water partition coefficient (Wildman–Crippen LogP) is 3.04. The fraction of sp³-hybridized carbons (Fsp3) is 0.941. The van der Waals surface area contributed by atoms with Crippen molar-refractivity contribution in [1.29, 1.82) is 0 Å². The van der Waals surface area contributed by atoms with E-state index in [1.54, 1.807) is 0 Å². The average Bonchev–Trinajstić information content (AvgIpc) is 3.16. The van der Waals surface area contributed by atoms with Gasteiger partial charge in [0.2, 0.25) is 5.91 Å². The SMILES string of the molecule is CN1CCC[C@@H]1[C@H]1CCCN1C(=O)CCC1CCCC1. The van der Waals surface area contributed by atoms with Gasteiger partial charge in [0, 0.05) is 25.0 Å². The molecule has 0 bridgehead atoms. The highest BCUT2D eigenvalue weighted by molar-refractivity contribution is 5.77. The molecular weight excluding hydrogens is 248 g/mol. The largest absolute Gasteiger partial charge is 0.338 e. The molecule has 0 spiro atoms. The molecule has 2 aliphatic heterocycles. The first kappa shape index (κ1) is 14.4. The highest BCUT2D eigenvalue weighted by atomic mass is 16.2. The third-order valence-electron chi connectivity index (χ3n) is 5.88. The Hall–Kier alpha value is -0.570. The van der Waals surface area contributed by atoms with Crippen LogP contribution in [0.15, 0.2) is 0 Å². The first-order valence-electron chi connectivity index (χ1n) is 8.75. The van der Waals surface area contributed by atoms with Crippen LogP contribution in [-0.4, -0.2) is 47.9 Å². The van der Waals surface area contributed by atoms with Crippen LogP contribution in [-0.2, 0) is 4.79 Å². The summed E-state index contributed by atoms with van der Waals surface area (Å²) in [6.45, 7) is 2.23. The van der Waals surface area contributed by atoms with Crippen molar-refractivity contribution >= 4 is 5.91 Å². The molecule has 114 valence electrons. The lowest BCUT2D eigenvalue weighted by Gasteiger charge is -2.33. The number of likely N-dealkylation sites (N-methyl/N-ethyl adjacent to an activating group) is 1. The number of carbonyl (C=O) groups excluding carboxylic acids is 1. The first-order valence-corrected chi connectivity index (χ1v) is 8.75. The lowest BCUT2D eigenvalue weighted by Crippen LogP contribution is -2.47. The van der Waals surface area contributed by atoms with Crippen LogP contribution in [0.5, 0.6) is 0 Å². The minimum Gasteiger partial charge on any atom is -0.338 e. The van der Waals surface area contributed by atoms with E-state index >= 15 is 0 Å². The monoisotopic (exact) mass is 278 g/mol. The van der Waals surface area contributed by atoms with Crippen LogP contribution in [0.2, 0.25) is 0 Å². The molecule has 1 aliphatic carbocycles. The van der Waals surface area contributed by atoms with E-state index in [1.807, 2.05) is 0 Å². The average molecular weight is 278 g/mol. The highest BCUT2D eigenvalue weighted by Gasteiger charge is 2.38. The molecule has 0 aromatic carbocycles. The number of carbonyl (C=O) groups is 1. The maximum absolute atomic E-state index is 12.6. The highest BCUT2D eigenvalue weighted by Crippen LogP contribution is 2.32. The number of amides is 1. The van der Waals surface area contributed by atoms with Crippen LogP contribution < -0.4 is 0 Å².